The van der Waals surface area contributed by atoms with Crippen LogP contribution < -0.4 is 0 Å². The van der Waals surface area contributed by atoms with Crippen molar-refractivity contribution in [3.05, 3.63) is 45.4 Å². The van der Waals surface area contributed by atoms with Crippen LogP contribution in [0.2, 0.25) is 0 Å². The highest BCUT2D eigenvalue weighted by Crippen LogP contribution is 2.19. The van der Waals surface area contributed by atoms with E-state index in [1.54, 1.807) is 10.8 Å². The summed E-state index contributed by atoms with van der Waals surface area (Å²) in [5.41, 5.74) is 1.37. The molecule has 2 heterocycles. The molecule has 0 aliphatic carbocycles. The van der Waals surface area contributed by atoms with Gasteiger partial charge < -0.3 is 0 Å². The monoisotopic (exact) mass is 271 g/mol. The Hall–Kier alpha value is -2.75. The van der Waals surface area contributed by atoms with Gasteiger partial charge in [-0.2, -0.15) is 10.4 Å². The fraction of sp³-hybridized carbons (Fsp3) is 0.308. The normalized spacial score (nSPS) is 10.2. The maximum Gasteiger partial charge on any atom is 0.305 e. The lowest BCUT2D eigenvalue weighted by Gasteiger charge is -2.05. The molecule has 102 valence electrons. The summed E-state index contributed by atoms with van der Waals surface area (Å²) in [6, 6.07) is 6.51. The molecule has 0 saturated carbocycles. The van der Waals surface area contributed by atoms with Gasteiger partial charge in [0.2, 0.25) is 5.69 Å². The second-order valence-electron chi connectivity index (χ2n) is 4.15. The van der Waals surface area contributed by atoms with Crippen LogP contribution in [0.3, 0.4) is 0 Å². The van der Waals surface area contributed by atoms with Gasteiger partial charge in [0.1, 0.15) is 6.07 Å². The van der Waals surface area contributed by atoms with Crippen molar-refractivity contribution in [2.45, 2.75) is 26.7 Å². The SMILES string of the molecule is CCc1cc(CC)n(-c2ccc([N+](=O)[O-])c(C#N)n2)n1. The Kier molecular flexibility index (Phi) is 3.75. The molecule has 20 heavy (non-hydrogen) atoms. The fourth-order valence-electron chi connectivity index (χ4n) is 1.89. The minimum absolute atomic E-state index is 0.205. The largest absolute Gasteiger partial charge is 0.305 e. The van der Waals surface area contributed by atoms with Gasteiger partial charge in [0.25, 0.3) is 0 Å². The lowest BCUT2D eigenvalue weighted by Crippen LogP contribution is -2.06. The first-order valence-electron chi connectivity index (χ1n) is 6.24. The van der Waals surface area contributed by atoms with E-state index in [4.69, 9.17) is 5.26 Å². The molecular formula is C13H13N5O2. The predicted molar refractivity (Wildman–Crippen MR) is 71.5 cm³/mol. The van der Waals surface area contributed by atoms with Crippen molar-refractivity contribution in [3.8, 4) is 11.9 Å². The Morgan fingerprint density at radius 3 is 2.70 bits per heavy atom. The van der Waals surface area contributed by atoms with E-state index < -0.39 is 4.92 Å². The van der Waals surface area contributed by atoms with Crippen LogP contribution >= 0.6 is 0 Å². The average molecular weight is 271 g/mol. The fourth-order valence-corrected chi connectivity index (χ4v) is 1.89. The zero-order valence-electron chi connectivity index (χ0n) is 11.2. The quantitative estimate of drug-likeness (QED) is 0.627. The molecule has 0 fully saturated rings. The average Bonchev–Trinajstić information content (AvgIpc) is 2.89. The molecule has 0 saturated heterocycles. The van der Waals surface area contributed by atoms with Crippen LogP contribution in [0.4, 0.5) is 5.69 Å². The summed E-state index contributed by atoms with van der Waals surface area (Å²) in [4.78, 5) is 14.2. The molecule has 0 aliphatic heterocycles. The van der Waals surface area contributed by atoms with Gasteiger partial charge in [0.15, 0.2) is 5.82 Å². The molecule has 2 aromatic rings. The van der Waals surface area contributed by atoms with Crippen LogP contribution in [0, 0.1) is 21.4 Å². The molecule has 0 amide bonds. The number of pyridine rings is 1. The predicted octanol–water partition coefficient (Wildman–Crippen LogP) is 2.17. The van der Waals surface area contributed by atoms with Crippen molar-refractivity contribution in [2.75, 3.05) is 0 Å². The van der Waals surface area contributed by atoms with Crippen molar-refractivity contribution in [1.29, 1.82) is 5.26 Å². The van der Waals surface area contributed by atoms with Gasteiger partial charge in [-0.15, -0.1) is 0 Å². The van der Waals surface area contributed by atoms with E-state index in [0.29, 0.717) is 5.82 Å². The summed E-state index contributed by atoms with van der Waals surface area (Å²) in [6.07, 6.45) is 1.55. The molecule has 0 spiro atoms. The van der Waals surface area contributed by atoms with Gasteiger partial charge in [0, 0.05) is 11.8 Å². The third kappa shape index (κ3) is 2.36. The molecule has 2 aromatic heterocycles. The molecule has 0 unspecified atom stereocenters. The van der Waals surface area contributed by atoms with E-state index in [0.717, 1.165) is 24.2 Å². The van der Waals surface area contributed by atoms with E-state index in [9.17, 15) is 10.1 Å². The molecule has 0 bridgehead atoms. The number of nitro groups is 1. The van der Waals surface area contributed by atoms with Gasteiger partial charge in [-0.3, -0.25) is 10.1 Å². The summed E-state index contributed by atoms with van der Waals surface area (Å²) in [6.45, 7) is 3.99. The van der Waals surface area contributed by atoms with Crippen molar-refractivity contribution < 1.29 is 4.92 Å². The molecule has 2 rings (SSSR count). The first-order valence-corrected chi connectivity index (χ1v) is 6.24. The molecular weight excluding hydrogens is 258 g/mol. The standard InChI is InChI=1S/C13H13N5O2/c1-3-9-7-10(4-2)17(16-9)13-6-5-12(18(19)20)11(8-14)15-13/h5-7H,3-4H2,1-2H3. The van der Waals surface area contributed by atoms with E-state index >= 15 is 0 Å². The maximum atomic E-state index is 10.8. The van der Waals surface area contributed by atoms with Crippen molar-refractivity contribution in [1.82, 2.24) is 14.8 Å². The Bertz CT molecular complexity index is 699. The molecule has 0 aromatic carbocycles. The van der Waals surface area contributed by atoms with Crippen molar-refractivity contribution >= 4 is 5.69 Å². The minimum atomic E-state index is -0.614. The lowest BCUT2D eigenvalue weighted by atomic mass is 10.2. The van der Waals surface area contributed by atoms with Gasteiger partial charge in [-0.25, -0.2) is 9.67 Å². The molecule has 7 nitrogen and oxygen atoms in total. The molecule has 0 N–H and O–H groups in total. The summed E-state index contributed by atoms with van der Waals surface area (Å²) >= 11 is 0. The van der Waals surface area contributed by atoms with Crippen LogP contribution in [-0.2, 0) is 12.8 Å². The summed E-state index contributed by atoms with van der Waals surface area (Å²) in [5, 5.41) is 24.2. The zero-order valence-corrected chi connectivity index (χ0v) is 11.2. The Morgan fingerprint density at radius 2 is 2.15 bits per heavy atom. The third-order valence-corrected chi connectivity index (χ3v) is 2.94. The second kappa shape index (κ2) is 5.48. The van der Waals surface area contributed by atoms with Crippen molar-refractivity contribution in [3.63, 3.8) is 0 Å². The molecule has 0 aliphatic rings. The van der Waals surface area contributed by atoms with Gasteiger partial charge in [0.05, 0.1) is 10.6 Å². The maximum absolute atomic E-state index is 10.8. The highest BCUT2D eigenvalue weighted by molar-refractivity contribution is 5.47. The van der Waals surface area contributed by atoms with Crippen LogP contribution in [0.25, 0.3) is 5.82 Å². The number of hydrogen-bond donors (Lipinski definition) is 0. The number of aryl methyl sites for hydroxylation is 2. The molecule has 0 radical (unpaired) electrons. The lowest BCUT2D eigenvalue weighted by molar-refractivity contribution is -0.385. The third-order valence-electron chi connectivity index (χ3n) is 2.94. The van der Waals surface area contributed by atoms with Crippen molar-refractivity contribution in [2.24, 2.45) is 0 Å². The van der Waals surface area contributed by atoms with Crippen LogP contribution in [-0.4, -0.2) is 19.7 Å². The van der Waals surface area contributed by atoms with E-state index in [1.807, 2.05) is 19.9 Å². The highest BCUT2D eigenvalue weighted by Gasteiger charge is 2.17. The Labute approximate surface area is 115 Å². The first kappa shape index (κ1) is 13.7. The zero-order chi connectivity index (χ0) is 14.7. The van der Waals surface area contributed by atoms with E-state index in [-0.39, 0.29) is 11.4 Å². The van der Waals surface area contributed by atoms with Gasteiger partial charge in [-0.1, -0.05) is 13.8 Å². The first-order chi connectivity index (χ1) is 9.60. The topological polar surface area (TPSA) is 97.6 Å². The number of nitrogens with zero attached hydrogens (tertiary/aromatic N) is 5. The summed E-state index contributed by atoms with van der Waals surface area (Å²) < 4.78 is 1.63. The highest BCUT2D eigenvalue weighted by atomic mass is 16.6. The number of nitriles is 1. The number of hydrogen-bond acceptors (Lipinski definition) is 5. The van der Waals surface area contributed by atoms with Crippen LogP contribution in [0.5, 0.6) is 0 Å². The Morgan fingerprint density at radius 1 is 1.40 bits per heavy atom. The minimum Gasteiger partial charge on any atom is -0.258 e. The number of rotatable bonds is 4. The summed E-state index contributed by atoms with van der Waals surface area (Å²) in [5.74, 6) is 0.420. The Balaban J connectivity index is 2.56. The van der Waals surface area contributed by atoms with E-state index in [1.165, 1.54) is 12.1 Å². The molecule has 0 atom stereocenters. The van der Waals surface area contributed by atoms with Crippen LogP contribution in [0.1, 0.15) is 30.9 Å². The second-order valence-corrected chi connectivity index (χ2v) is 4.15. The smallest absolute Gasteiger partial charge is 0.258 e. The summed E-state index contributed by atoms with van der Waals surface area (Å²) in [7, 11) is 0. The van der Waals surface area contributed by atoms with Gasteiger partial charge in [-0.05, 0) is 25.0 Å². The van der Waals surface area contributed by atoms with E-state index in [2.05, 4.69) is 10.1 Å². The van der Waals surface area contributed by atoms with Gasteiger partial charge >= 0.3 is 5.69 Å². The van der Waals surface area contributed by atoms with Crippen LogP contribution in [0.15, 0.2) is 18.2 Å². The molecule has 7 heteroatoms. The number of aromatic nitrogens is 3.